The van der Waals surface area contributed by atoms with Crippen molar-refractivity contribution in [1.82, 2.24) is 5.32 Å². The van der Waals surface area contributed by atoms with Crippen LogP contribution in [-0.2, 0) is 13.2 Å². The molecule has 0 heterocycles. The van der Waals surface area contributed by atoms with Crippen LogP contribution in [0.25, 0.3) is 0 Å². The minimum Gasteiger partial charge on any atom is -0.489 e. The summed E-state index contributed by atoms with van der Waals surface area (Å²) in [6, 6.07) is 14.6. The number of hydrogen-bond donors (Lipinski definition) is 1. The molecule has 2 aromatic carbocycles. The summed E-state index contributed by atoms with van der Waals surface area (Å²) in [5.41, 5.74) is 3.63. The van der Waals surface area contributed by atoms with E-state index in [-0.39, 0.29) is 0 Å². The van der Waals surface area contributed by atoms with E-state index in [0.717, 1.165) is 28.9 Å². The normalized spacial score (nSPS) is 10.6. The first-order valence-corrected chi connectivity index (χ1v) is 7.66. The average Bonchev–Trinajstić information content (AvgIpc) is 2.46. The summed E-state index contributed by atoms with van der Waals surface area (Å²) in [7, 11) is 0. The van der Waals surface area contributed by atoms with Gasteiger partial charge in [-0.15, -0.1) is 0 Å². The molecule has 0 amide bonds. The van der Waals surface area contributed by atoms with Gasteiger partial charge in [-0.2, -0.15) is 0 Å². The molecule has 0 aliphatic carbocycles. The molecule has 0 saturated carbocycles. The van der Waals surface area contributed by atoms with Gasteiger partial charge in [0.25, 0.3) is 0 Å². The first-order valence-electron chi connectivity index (χ1n) is 6.86. The van der Waals surface area contributed by atoms with Gasteiger partial charge in [-0.3, -0.25) is 0 Å². The molecular formula is C17H20BrNO. The van der Waals surface area contributed by atoms with E-state index in [1.165, 1.54) is 11.1 Å². The third-order valence-electron chi connectivity index (χ3n) is 3.12. The molecule has 0 fully saturated rings. The Labute approximate surface area is 129 Å². The van der Waals surface area contributed by atoms with Crippen LogP contribution in [-0.4, -0.2) is 6.54 Å². The molecule has 0 unspecified atom stereocenters. The number of benzene rings is 2. The van der Waals surface area contributed by atoms with Gasteiger partial charge in [0, 0.05) is 11.0 Å². The average molecular weight is 334 g/mol. The fourth-order valence-corrected chi connectivity index (χ4v) is 2.33. The minimum absolute atomic E-state index is 0.595. The van der Waals surface area contributed by atoms with Crippen molar-refractivity contribution in [3.8, 4) is 5.75 Å². The molecule has 2 rings (SSSR count). The fourth-order valence-electron chi connectivity index (χ4n) is 1.99. The zero-order chi connectivity index (χ0) is 14.4. The molecule has 0 bridgehead atoms. The monoisotopic (exact) mass is 333 g/mol. The Hall–Kier alpha value is -1.32. The number of rotatable bonds is 6. The molecule has 3 heteroatoms. The highest BCUT2D eigenvalue weighted by molar-refractivity contribution is 9.10. The Morgan fingerprint density at radius 2 is 1.90 bits per heavy atom. The molecule has 1 N–H and O–H groups in total. The van der Waals surface area contributed by atoms with Gasteiger partial charge in [-0.1, -0.05) is 53.2 Å². The van der Waals surface area contributed by atoms with Crippen LogP contribution in [0, 0.1) is 6.92 Å². The van der Waals surface area contributed by atoms with Crippen molar-refractivity contribution in [2.75, 3.05) is 6.54 Å². The molecule has 20 heavy (non-hydrogen) atoms. The molecular weight excluding hydrogens is 314 g/mol. The molecule has 0 aliphatic heterocycles. The predicted octanol–water partition coefficient (Wildman–Crippen LogP) is 4.45. The third-order valence-corrected chi connectivity index (χ3v) is 3.61. The van der Waals surface area contributed by atoms with Crippen molar-refractivity contribution in [1.29, 1.82) is 0 Å². The largest absolute Gasteiger partial charge is 0.489 e. The molecule has 0 radical (unpaired) electrons. The quantitative estimate of drug-likeness (QED) is 0.843. The van der Waals surface area contributed by atoms with Gasteiger partial charge in [0.05, 0.1) is 0 Å². The lowest BCUT2D eigenvalue weighted by molar-refractivity contribution is 0.304. The molecule has 0 saturated heterocycles. The molecule has 0 spiro atoms. The van der Waals surface area contributed by atoms with Crippen molar-refractivity contribution in [2.45, 2.75) is 27.0 Å². The first kappa shape index (κ1) is 15.1. The van der Waals surface area contributed by atoms with E-state index < -0.39 is 0 Å². The van der Waals surface area contributed by atoms with Crippen molar-refractivity contribution in [3.05, 3.63) is 63.6 Å². The number of hydrogen-bond acceptors (Lipinski definition) is 2. The van der Waals surface area contributed by atoms with E-state index in [2.05, 4.69) is 65.4 Å². The minimum atomic E-state index is 0.595. The molecule has 0 aliphatic rings. The van der Waals surface area contributed by atoms with Gasteiger partial charge >= 0.3 is 0 Å². The Kier molecular flexibility index (Phi) is 5.62. The Morgan fingerprint density at radius 1 is 1.10 bits per heavy atom. The van der Waals surface area contributed by atoms with E-state index in [9.17, 15) is 0 Å². The number of nitrogens with one attached hydrogen (secondary N) is 1. The lowest BCUT2D eigenvalue weighted by Crippen LogP contribution is -2.11. The van der Waals surface area contributed by atoms with Crippen LogP contribution in [0.4, 0.5) is 0 Å². The first-order chi connectivity index (χ1) is 9.69. The second-order valence-corrected chi connectivity index (χ2v) is 5.71. The van der Waals surface area contributed by atoms with Crippen LogP contribution in [0.3, 0.4) is 0 Å². The molecule has 2 nitrogen and oxygen atoms in total. The zero-order valence-electron chi connectivity index (χ0n) is 11.9. The molecule has 2 aromatic rings. The fraction of sp³-hybridized carbons (Fsp3) is 0.294. The second-order valence-electron chi connectivity index (χ2n) is 4.80. The van der Waals surface area contributed by atoms with E-state index in [1.54, 1.807) is 0 Å². The van der Waals surface area contributed by atoms with Crippen LogP contribution < -0.4 is 10.1 Å². The summed E-state index contributed by atoms with van der Waals surface area (Å²) in [6.07, 6.45) is 0. The van der Waals surface area contributed by atoms with Gasteiger partial charge in [0.1, 0.15) is 12.4 Å². The van der Waals surface area contributed by atoms with E-state index in [0.29, 0.717) is 6.61 Å². The topological polar surface area (TPSA) is 21.3 Å². The zero-order valence-corrected chi connectivity index (χ0v) is 13.5. The standard InChI is InChI=1S/C17H20BrNO/c1-3-19-11-14-5-4-6-15(9-14)12-20-17-10-16(18)8-7-13(17)2/h4-10,19H,3,11-12H2,1-2H3. The number of halogens is 1. The van der Waals surface area contributed by atoms with Gasteiger partial charge in [-0.05, 0) is 42.3 Å². The highest BCUT2D eigenvalue weighted by Gasteiger charge is 2.02. The summed E-state index contributed by atoms with van der Waals surface area (Å²) in [5, 5.41) is 3.34. The molecule has 106 valence electrons. The molecule has 0 aromatic heterocycles. The number of aryl methyl sites for hydroxylation is 1. The van der Waals surface area contributed by atoms with E-state index >= 15 is 0 Å². The van der Waals surface area contributed by atoms with Gasteiger partial charge in [0.15, 0.2) is 0 Å². The summed E-state index contributed by atoms with van der Waals surface area (Å²) in [4.78, 5) is 0. The van der Waals surface area contributed by atoms with Crippen molar-refractivity contribution in [2.24, 2.45) is 0 Å². The summed E-state index contributed by atoms with van der Waals surface area (Å²) in [5.74, 6) is 0.927. The third kappa shape index (κ3) is 4.36. The van der Waals surface area contributed by atoms with Crippen LogP contribution in [0.15, 0.2) is 46.9 Å². The highest BCUT2D eigenvalue weighted by atomic mass is 79.9. The highest BCUT2D eigenvalue weighted by Crippen LogP contribution is 2.23. The van der Waals surface area contributed by atoms with Gasteiger partial charge < -0.3 is 10.1 Å². The maximum absolute atomic E-state index is 5.91. The Balaban J connectivity index is 2.01. The predicted molar refractivity (Wildman–Crippen MR) is 87.0 cm³/mol. The Morgan fingerprint density at radius 3 is 2.70 bits per heavy atom. The van der Waals surface area contributed by atoms with Crippen molar-refractivity contribution < 1.29 is 4.74 Å². The van der Waals surface area contributed by atoms with Crippen molar-refractivity contribution in [3.63, 3.8) is 0 Å². The van der Waals surface area contributed by atoms with Crippen LogP contribution >= 0.6 is 15.9 Å². The summed E-state index contributed by atoms with van der Waals surface area (Å²) >= 11 is 3.47. The number of ether oxygens (including phenoxy) is 1. The lowest BCUT2D eigenvalue weighted by Gasteiger charge is -2.11. The summed E-state index contributed by atoms with van der Waals surface area (Å²) in [6.45, 7) is 6.65. The summed E-state index contributed by atoms with van der Waals surface area (Å²) < 4.78 is 6.95. The van der Waals surface area contributed by atoms with E-state index in [1.807, 2.05) is 12.1 Å². The Bertz CT molecular complexity index is 569. The van der Waals surface area contributed by atoms with Crippen LogP contribution in [0.5, 0.6) is 5.75 Å². The van der Waals surface area contributed by atoms with Crippen molar-refractivity contribution >= 4 is 15.9 Å². The lowest BCUT2D eigenvalue weighted by atomic mass is 10.1. The van der Waals surface area contributed by atoms with E-state index in [4.69, 9.17) is 4.74 Å². The second kappa shape index (κ2) is 7.46. The van der Waals surface area contributed by atoms with Gasteiger partial charge in [-0.25, -0.2) is 0 Å². The maximum atomic E-state index is 5.91. The molecule has 0 atom stereocenters. The van der Waals surface area contributed by atoms with Crippen LogP contribution in [0.2, 0.25) is 0 Å². The maximum Gasteiger partial charge on any atom is 0.123 e. The smallest absolute Gasteiger partial charge is 0.123 e. The SMILES string of the molecule is CCNCc1cccc(COc2cc(Br)ccc2C)c1. The van der Waals surface area contributed by atoms with Gasteiger partial charge in [0.2, 0.25) is 0 Å². The van der Waals surface area contributed by atoms with Crippen LogP contribution in [0.1, 0.15) is 23.6 Å².